The fourth-order valence-electron chi connectivity index (χ4n) is 3.92. The van der Waals surface area contributed by atoms with Gasteiger partial charge in [-0.25, -0.2) is 0 Å². The quantitative estimate of drug-likeness (QED) is 0.497. The van der Waals surface area contributed by atoms with Crippen LogP contribution in [0.4, 0.5) is 0 Å². The topological polar surface area (TPSA) is 37.3 Å². The standard InChI is InChI=1S/C29H42O2/c1-26(2,3)19-13-18(17-30)25(31)21(14-19)24-22(28(7,8)9)15-20(27(4,5)6)16-23(24)29(10,11)12/h13-17,31H,1-12H3. The van der Waals surface area contributed by atoms with E-state index in [1.807, 2.05) is 6.07 Å². The molecule has 0 aliphatic heterocycles. The van der Waals surface area contributed by atoms with Crippen LogP contribution >= 0.6 is 0 Å². The lowest BCUT2D eigenvalue weighted by Crippen LogP contribution is -2.23. The molecule has 0 heterocycles. The molecule has 0 radical (unpaired) electrons. The van der Waals surface area contributed by atoms with Crippen molar-refractivity contribution in [2.75, 3.05) is 0 Å². The molecule has 0 aliphatic rings. The van der Waals surface area contributed by atoms with Crippen LogP contribution in [-0.2, 0) is 21.7 Å². The first kappa shape index (κ1) is 25.2. The molecule has 0 saturated carbocycles. The fraction of sp³-hybridized carbons (Fsp3) is 0.552. The molecule has 2 nitrogen and oxygen atoms in total. The second kappa shape index (κ2) is 7.80. The molecule has 170 valence electrons. The van der Waals surface area contributed by atoms with E-state index in [1.54, 1.807) is 0 Å². The molecule has 0 aromatic heterocycles. The second-order valence-corrected chi connectivity index (χ2v) is 13.0. The minimum Gasteiger partial charge on any atom is -0.507 e. The Kier molecular flexibility index (Phi) is 6.33. The third-order valence-electron chi connectivity index (χ3n) is 6.02. The Bertz CT molecular complexity index is 947. The van der Waals surface area contributed by atoms with E-state index in [0.29, 0.717) is 5.56 Å². The zero-order valence-electron chi connectivity index (χ0n) is 21.7. The Hall–Kier alpha value is -2.09. The second-order valence-electron chi connectivity index (χ2n) is 13.0. The minimum absolute atomic E-state index is 0.00177. The average molecular weight is 423 g/mol. The third kappa shape index (κ3) is 5.22. The molecular weight excluding hydrogens is 380 g/mol. The van der Waals surface area contributed by atoms with E-state index in [-0.39, 0.29) is 27.4 Å². The van der Waals surface area contributed by atoms with E-state index in [4.69, 9.17) is 0 Å². The van der Waals surface area contributed by atoms with E-state index in [2.05, 4.69) is 101 Å². The highest BCUT2D eigenvalue weighted by Crippen LogP contribution is 2.47. The van der Waals surface area contributed by atoms with Crippen LogP contribution in [0.3, 0.4) is 0 Å². The van der Waals surface area contributed by atoms with Crippen molar-refractivity contribution in [3.05, 3.63) is 52.1 Å². The maximum Gasteiger partial charge on any atom is 0.153 e. The molecule has 2 aromatic carbocycles. The first-order valence-corrected chi connectivity index (χ1v) is 11.3. The summed E-state index contributed by atoms with van der Waals surface area (Å²) in [5.74, 6) is 0.0718. The van der Waals surface area contributed by atoms with Crippen LogP contribution in [0, 0.1) is 0 Å². The maximum absolute atomic E-state index is 11.9. The van der Waals surface area contributed by atoms with E-state index < -0.39 is 0 Å². The van der Waals surface area contributed by atoms with Crippen LogP contribution in [0.25, 0.3) is 11.1 Å². The van der Waals surface area contributed by atoms with Gasteiger partial charge in [0.05, 0.1) is 5.56 Å². The molecule has 2 rings (SSSR count). The fourth-order valence-corrected chi connectivity index (χ4v) is 3.92. The van der Waals surface area contributed by atoms with E-state index in [1.165, 1.54) is 16.7 Å². The van der Waals surface area contributed by atoms with Gasteiger partial charge in [0.25, 0.3) is 0 Å². The molecule has 0 amide bonds. The Balaban J connectivity index is 3.16. The molecule has 0 saturated heterocycles. The molecule has 0 unspecified atom stereocenters. The molecule has 1 N–H and O–H groups in total. The van der Waals surface area contributed by atoms with Crippen molar-refractivity contribution < 1.29 is 9.90 Å². The van der Waals surface area contributed by atoms with Crippen LogP contribution < -0.4 is 0 Å². The zero-order valence-corrected chi connectivity index (χ0v) is 21.7. The number of phenolic OH excluding ortho intramolecular Hbond substituents is 1. The molecule has 0 spiro atoms. The van der Waals surface area contributed by atoms with Crippen LogP contribution in [0.1, 0.15) is 116 Å². The summed E-state index contributed by atoms with van der Waals surface area (Å²) >= 11 is 0. The Morgan fingerprint density at radius 1 is 0.613 bits per heavy atom. The van der Waals surface area contributed by atoms with Crippen molar-refractivity contribution >= 4 is 6.29 Å². The first-order valence-electron chi connectivity index (χ1n) is 11.3. The monoisotopic (exact) mass is 422 g/mol. The molecule has 0 fully saturated rings. The van der Waals surface area contributed by atoms with Gasteiger partial charge in [-0.05, 0) is 61.6 Å². The SMILES string of the molecule is CC(C)(C)c1cc(C=O)c(O)c(-c2c(C(C)(C)C)cc(C(C)(C)C)cc2C(C)(C)C)c1. The van der Waals surface area contributed by atoms with Gasteiger partial charge >= 0.3 is 0 Å². The summed E-state index contributed by atoms with van der Waals surface area (Å²) in [6, 6.07) is 8.50. The van der Waals surface area contributed by atoms with Crippen molar-refractivity contribution in [3.8, 4) is 16.9 Å². The van der Waals surface area contributed by atoms with E-state index >= 15 is 0 Å². The molecule has 2 heteroatoms. The van der Waals surface area contributed by atoms with Gasteiger partial charge in [-0.3, -0.25) is 4.79 Å². The highest BCUT2D eigenvalue weighted by Gasteiger charge is 2.32. The molecular formula is C29H42O2. The lowest BCUT2D eigenvalue weighted by atomic mass is 9.70. The normalized spacial score (nSPS) is 13.4. The summed E-state index contributed by atoms with van der Waals surface area (Å²) in [6.07, 6.45) is 0.769. The van der Waals surface area contributed by atoms with Crippen molar-refractivity contribution in [1.82, 2.24) is 0 Å². The number of carbonyl (C=O) groups is 1. The van der Waals surface area contributed by atoms with E-state index in [9.17, 15) is 9.90 Å². The van der Waals surface area contributed by atoms with Gasteiger partial charge in [-0.1, -0.05) is 95.2 Å². The van der Waals surface area contributed by atoms with Crippen LogP contribution in [0.15, 0.2) is 24.3 Å². The minimum atomic E-state index is -0.143. The Morgan fingerprint density at radius 3 is 1.32 bits per heavy atom. The largest absolute Gasteiger partial charge is 0.507 e. The molecule has 0 bridgehead atoms. The van der Waals surface area contributed by atoms with Gasteiger partial charge < -0.3 is 5.11 Å². The van der Waals surface area contributed by atoms with Gasteiger partial charge in [-0.15, -0.1) is 0 Å². The highest BCUT2D eigenvalue weighted by atomic mass is 16.3. The Labute approximate surface area is 190 Å². The number of rotatable bonds is 2. The van der Waals surface area contributed by atoms with Gasteiger partial charge in [0.1, 0.15) is 5.75 Å². The van der Waals surface area contributed by atoms with Crippen LogP contribution in [0.2, 0.25) is 0 Å². The number of benzene rings is 2. The summed E-state index contributed by atoms with van der Waals surface area (Å²) in [5, 5.41) is 11.2. The first-order chi connectivity index (χ1) is 13.8. The van der Waals surface area contributed by atoms with Crippen molar-refractivity contribution in [3.63, 3.8) is 0 Å². The lowest BCUT2D eigenvalue weighted by molar-refractivity contribution is 0.112. The van der Waals surface area contributed by atoms with Crippen molar-refractivity contribution in [2.24, 2.45) is 0 Å². The van der Waals surface area contributed by atoms with Gasteiger partial charge in [-0.2, -0.15) is 0 Å². The van der Waals surface area contributed by atoms with Gasteiger partial charge in [0.15, 0.2) is 6.29 Å². The van der Waals surface area contributed by atoms with Gasteiger partial charge in [0, 0.05) is 5.56 Å². The summed E-state index contributed by atoms with van der Waals surface area (Å²) in [5.41, 5.74) is 6.47. The Morgan fingerprint density at radius 2 is 1.00 bits per heavy atom. The number of carbonyl (C=O) groups excluding carboxylic acids is 1. The van der Waals surface area contributed by atoms with Crippen molar-refractivity contribution in [1.29, 1.82) is 0 Å². The maximum atomic E-state index is 11.9. The number of aldehydes is 1. The van der Waals surface area contributed by atoms with E-state index in [0.717, 1.165) is 23.0 Å². The smallest absolute Gasteiger partial charge is 0.153 e. The average Bonchev–Trinajstić information content (AvgIpc) is 2.57. The molecule has 0 aliphatic carbocycles. The zero-order chi connectivity index (χ0) is 24.2. The van der Waals surface area contributed by atoms with Crippen LogP contribution in [0.5, 0.6) is 5.75 Å². The molecule has 2 aromatic rings. The number of hydrogen-bond donors (Lipinski definition) is 1. The van der Waals surface area contributed by atoms with Gasteiger partial charge in [0.2, 0.25) is 0 Å². The predicted molar refractivity (Wildman–Crippen MR) is 134 cm³/mol. The number of hydrogen-bond acceptors (Lipinski definition) is 2. The summed E-state index contributed by atoms with van der Waals surface area (Å²) in [6.45, 7) is 26.4. The van der Waals surface area contributed by atoms with Crippen LogP contribution in [-0.4, -0.2) is 11.4 Å². The van der Waals surface area contributed by atoms with Crippen molar-refractivity contribution in [2.45, 2.75) is 105 Å². The molecule has 0 atom stereocenters. The highest BCUT2D eigenvalue weighted by molar-refractivity contribution is 5.89. The third-order valence-corrected chi connectivity index (χ3v) is 6.02. The predicted octanol–water partition coefficient (Wildman–Crippen LogP) is 8.06. The summed E-state index contributed by atoms with van der Waals surface area (Å²) < 4.78 is 0. The summed E-state index contributed by atoms with van der Waals surface area (Å²) in [4.78, 5) is 11.9. The lowest BCUT2D eigenvalue weighted by Gasteiger charge is -2.34. The number of phenols is 1. The number of aromatic hydroxyl groups is 1. The summed E-state index contributed by atoms with van der Waals surface area (Å²) in [7, 11) is 0. The molecule has 31 heavy (non-hydrogen) atoms.